The molecule has 0 spiro atoms. The molecule has 13 nitrogen and oxygen atoms in total. The van der Waals surface area contributed by atoms with E-state index in [2.05, 4.69) is 23.1 Å². The summed E-state index contributed by atoms with van der Waals surface area (Å²) in [5, 5.41) is 25.6. The highest BCUT2D eigenvalue weighted by Crippen LogP contribution is 2.46. The summed E-state index contributed by atoms with van der Waals surface area (Å²) in [6, 6.07) is 12.7. The van der Waals surface area contributed by atoms with Crippen molar-refractivity contribution >= 4 is 30.8 Å². The van der Waals surface area contributed by atoms with Crippen LogP contribution in [-0.4, -0.2) is 69.3 Å². The van der Waals surface area contributed by atoms with Gasteiger partial charge in [0, 0.05) is 18.1 Å². The molecule has 1 aliphatic heterocycles. The fourth-order valence-electron chi connectivity index (χ4n) is 6.83. The number of nitrogens with zero attached hydrogens (tertiary/aromatic N) is 4. The van der Waals surface area contributed by atoms with Gasteiger partial charge in [0.2, 0.25) is 0 Å². The minimum atomic E-state index is -4.64. The number of hydrogen-bond donors (Lipinski definition) is 3. The molecule has 1 aliphatic rings. The molecule has 306 valence electrons. The first kappa shape index (κ1) is 45.1. The summed E-state index contributed by atoms with van der Waals surface area (Å²) in [6.45, 7) is 2.27. The Morgan fingerprint density at radius 1 is 0.982 bits per heavy atom. The number of rotatable bonds is 29. The van der Waals surface area contributed by atoms with Crippen LogP contribution in [0.2, 0.25) is 5.02 Å². The summed E-state index contributed by atoms with van der Waals surface area (Å²) in [4.78, 5) is 14.5. The highest BCUT2D eigenvalue weighted by atomic mass is 35.5. The maximum absolute atomic E-state index is 13.0. The lowest BCUT2D eigenvalue weighted by molar-refractivity contribution is -0.0628. The van der Waals surface area contributed by atoms with Crippen LogP contribution in [0.4, 0.5) is 5.82 Å². The maximum Gasteiger partial charge on any atom is 0.472 e. The average molecular weight is 806 g/mol. The van der Waals surface area contributed by atoms with Gasteiger partial charge in [-0.2, -0.15) is 10.4 Å². The van der Waals surface area contributed by atoms with Crippen molar-refractivity contribution in [3.05, 3.63) is 59.0 Å². The fraction of sp³-hybridized carbons (Fsp3) is 0.675. The van der Waals surface area contributed by atoms with Gasteiger partial charge in [-0.3, -0.25) is 9.05 Å². The third-order valence-electron chi connectivity index (χ3n) is 10.1. The Balaban J connectivity index is 1.15. The van der Waals surface area contributed by atoms with E-state index in [4.69, 9.17) is 40.6 Å². The molecule has 4 rings (SSSR count). The standard InChI is InChI=1S/C40H61ClN5O8P/c1-2-3-4-5-6-7-8-9-10-11-12-13-14-15-16-19-24-50-27-33(51-26-32-20-17-18-21-34(32)41)28-52-55(48,49)53-29-37-36(47)25-40(30-42,54-37)38-23-22-35-39(43)44-31-45-46(35)38/h17-18,20-23,31,33,36-37,47H,2-16,19,24-29H2,1H3,(H,48,49)(H2,43,44,45)/t33-,36+,37-,40+/m1/s1. The number of halogens is 1. The zero-order chi connectivity index (χ0) is 39.4. The van der Waals surface area contributed by atoms with E-state index in [1.54, 1.807) is 18.2 Å². The molecule has 3 heterocycles. The number of nitrogens with two attached hydrogens (primary N) is 1. The molecule has 1 unspecified atom stereocenters. The number of phosphoric ester groups is 1. The average Bonchev–Trinajstić information content (AvgIpc) is 3.77. The number of phosphoric acid groups is 1. The van der Waals surface area contributed by atoms with E-state index in [-0.39, 0.29) is 32.1 Å². The molecule has 0 saturated carbocycles. The van der Waals surface area contributed by atoms with Crippen molar-refractivity contribution in [2.75, 3.05) is 32.2 Å². The van der Waals surface area contributed by atoms with Crippen LogP contribution >= 0.6 is 19.4 Å². The van der Waals surface area contributed by atoms with E-state index >= 15 is 0 Å². The summed E-state index contributed by atoms with van der Waals surface area (Å²) in [5.41, 5.74) is 5.89. The van der Waals surface area contributed by atoms with Gasteiger partial charge in [0.15, 0.2) is 11.4 Å². The quantitative estimate of drug-likeness (QED) is 0.0448. The van der Waals surface area contributed by atoms with Crippen molar-refractivity contribution in [2.24, 2.45) is 0 Å². The number of aliphatic hydroxyl groups excluding tert-OH is 1. The normalized spacial score (nSPS) is 20.1. The second-order valence-corrected chi connectivity index (χ2v) is 16.4. The summed E-state index contributed by atoms with van der Waals surface area (Å²) in [6.07, 6.45) is 18.8. The maximum atomic E-state index is 13.0. The minimum Gasteiger partial charge on any atom is -0.390 e. The van der Waals surface area contributed by atoms with Crippen molar-refractivity contribution in [3.8, 4) is 6.07 Å². The van der Waals surface area contributed by atoms with E-state index < -0.39 is 38.3 Å². The lowest BCUT2D eigenvalue weighted by atomic mass is 9.96. The minimum absolute atomic E-state index is 0.126. The number of ether oxygens (including phenoxy) is 3. The van der Waals surface area contributed by atoms with Gasteiger partial charge in [-0.05, 0) is 30.2 Å². The predicted octanol–water partition coefficient (Wildman–Crippen LogP) is 8.83. The molecule has 15 heteroatoms. The number of nitriles is 1. The molecule has 3 aromatic rings. The summed E-state index contributed by atoms with van der Waals surface area (Å²) in [7, 11) is -4.64. The number of unbranched alkanes of at least 4 members (excludes halogenated alkanes) is 15. The van der Waals surface area contributed by atoms with Gasteiger partial charge < -0.3 is 29.9 Å². The first-order chi connectivity index (χ1) is 26.7. The first-order valence-corrected chi connectivity index (χ1v) is 22.0. The lowest BCUT2D eigenvalue weighted by Gasteiger charge is -2.23. The van der Waals surface area contributed by atoms with E-state index in [0.29, 0.717) is 22.8 Å². The largest absolute Gasteiger partial charge is 0.472 e. The molecule has 4 N–H and O–H groups in total. The molecule has 0 bridgehead atoms. The Bertz CT molecular complexity index is 1640. The number of anilines is 1. The number of benzene rings is 1. The molecule has 0 aliphatic carbocycles. The third kappa shape index (κ3) is 15.0. The van der Waals surface area contributed by atoms with Crippen LogP contribution in [0.1, 0.15) is 127 Å². The van der Waals surface area contributed by atoms with Crippen LogP contribution in [0, 0.1) is 11.3 Å². The fourth-order valence-corrected chi connectivity index (χ4v) is 7.78. The Morgan fingerprint density at radius 2 is 1.62 bits per heavy atom. The van der Waals surface area contributed by atoms with E-state index in [1.807, 2.05) is 18.2 Å². The third-order valence-corrected chi connectivity index (χ3v) is 11.4. The van der Waals surface area contributed by atoms with Crippen LogP contribution in [0.25, 0.3) is 5.52 Å². The zero-order valence-electron chi connectivity index (χ0n) is 32.4. The van der Waals surface area contributed by atoms with E-state index in [9.17, 15) is 19.8 Å². The second-order valence-electron chi connectivity index (χ2n) is 14.5. The summed E-state index contributed by atoms with van der Waals surface area (Å²) in [5.74, 6) is 0.214. The van der Waals surface area contributed by atoms with Gasteiger partial charge in [-0.15, -0.1) is 0 Å². The van der Waals surface area contributed by atoms with Crippen molar-refractivity contribution in [1.29, 1.82) is 5.26 Å². The van der Waals surface area contributed by atoms with E-state index in [1.165, 1.54) is 101 Å². The molecule has 1 saturated heterocycles. The molecule has 0 radical (unpaired) electrons. The molecule has 0 amide bonds. The lowest BCUT2D eigenvalue weighted by Crippen LogP contribution is -2.29. The van der Waals surface area contributed by atoms with Crippen LogP contribution in [0.15, 0.2) is 42.7 Å². The molecule has 55 heavy (non-hydrogen) atoms. The Kier molecular flexibility index (Phi) is 19.8. The predicted molar refractivity (Wildman–Crippen MR) is 212 cm³/mol. The molecule has 2 aromatic heterocycles. The molecular formula is C40H61ClN5O8P. The number of aromatic nitrogens is 3. The van der Waals surface area contributed by atoms with E-state index in [0.717, 1.165) is 18.4 Å². The zero-order valence-corrected chi connectivity index (χ0v) is 34.0. The number of aliphatic hydroxyl groups is 1. The molecule has 1 aromatic carbocycles. The molecule has 5 atom stereocenters. The van der Waals surface area contributed by atoms with Crippen LogP contribution in [0.3, 0.4) is 0 Å². The van der Waals surface area contributed by atoms with Crippen molar-refractivity contribution < 1.29 is 37.8 Å². The van der Waals surface area contributed by atoms with Gasteiger partial charge in [-0.25, -0.2) is 14.1 Å². The van der Waals surface area contributed by atoms with Gasteiger partial charge in [0.25, 0.3) is 0 Å². The van der Waals surface area contributed by atoms with Gasteiger partial charge in [0.05, 0.1) is 38.2 Å². The highest BCUT2D eigenvalue weighted by Gasteiger charge is 2.50. The molecule has 1 fully saturated rings. The summed E-state index contributed by atoms with van der Waals surface area (Å²) < 4.78 is 42.9. The number of nitrogen functional groups attached to an aromatic ring is 1. The monoisotopic (exact) mass is 805 g/mol. The topological polar surface area (TPSA) is 184 Å². The second kappa shape index (κ2) is 24.2. The van der Waals surface area contributed by atoms with Gasteiger partial charge in [-0.1, -0.05) is 133 Å². The van der Waals surface area contributed by atoms with Gasteiger partial charge >= 0.3 is 7.82 Å². The Labute approximate surface area is 331 Å². The van der Waals surface area contributed by atoms with Crippen LogP contribution in [-0.2, 0) is 40.0 Å². The smallest absolute Gasteiger partial charge is 0.390 e. The SMILES string of the molecule is CCCCCCCCCCCCCCCCCCOC[C@H](COP(=O)(O)OC[C@H]1O[C@@](C#N)(c2ccc3c(N)ncnn23)C[C@@H]1O)OCc1ccccc1Cl. The highest BCUT2D eigenvalue weighted by molar-refractivity contribution is 7.47. The Morgan fingerprint density at radius 3 is 2.25 bits per heavy atom. The number of hydrogen-bond acceptors (Lipinski definition) is 11. The summed E-state index contributed by atoms with van der Waals surface area (Å²) >= 11 is 6.32. The van der Waals surface area contributed by atoms with Crippen LogP contribution in [0.5, 0.6) is 0 Å². The number of fused-ring (bicyclic) bond motifs is 1. The van der Waals surface area contributed by atoms with Crippen molar-refractivity contribution in [2.45, 2.75) is 147 Å². The first-order valence-electron chi connectivity index (χ1n) is 20.1. The Hall–Kier alpha value is -2.63. The van der Waals surface area contributed by atoms with Crippen molar-refractivity contribution in [1.82, 2.24) is 14.6 Å². The van der Waals surface area contributed by atoms with Gasteiger partial charge in [0.1, 0.15) is 30.1 Å². The van der Waals surface area contributed by atoms with Crippen molar-refractivity contribution in [3.63, 3.8) is 0 Å². The van der Waals surface area contributed by atoms with Crippen LogP contribution < -0.4 is 5.73 Å². The molecular weight excluding hydrogens is 745 g/mol.